The Labute approximate surface area is 173 Å². The first-order valence-electron chi connectivity index (χ1n) is 10.9. The molecule has 0 aromatic heterocycles. The van der Waals surface area contributed by atoms with Crippen LogP contribution >= 0.6 is 0 Å². The molecule has 0 spiro atoms. The van der Waals surface area contributed by atoms with E-state index in [0.717, 1.165) is 44.7 Å². The van der Waals surface area contributed by atoms with Gasteiger partial charge < -0.3 is 9.80 Å². The molecule has 1 aliphatic heterocycles. The molecule has 1 aliphatic rings. The van der Waals surface area contributed by atoms with E-state index in [1.54, 1.807) is 0 Å². The molecule has 1 amide bonds. The number of aliphatic imine (C=N–C) groups is 1. The van der Waals surface area contributed by atoms with Crippen molar-refractivity contribution in [3.05, 3.63) is 35.2 Å². The Balaban J connectivity index is 3.20. The normalized spacial score (nSPS) is 18.8. The van der Waals surface area contributed by atoms with Crippen molar-refractivity contribution < 1.29 is 4.79 Å². The number of nitrogens with zero attached hydrogens (tertiary/aromatic N) is 3. The summed E-state index contributed by atoms with van der Waals surface area (Å²) in [6, 6.07) is 0. The minimum absolute atomic E-state index is 0.0681. The second-order valence-electron chi connectivity index (χ2n) is 7.99. The molecule has 4 nitrogen and oxygen atoms in total. The lowest BCUT2D eigenvalue weighted by Gasteiger charge is -2.38. The topological polar surface area (TPSA) is 35.9 Å². The zero-order chi connectivity index (χ0) is 21.3. The first-order valence-corrected chi connectivity index (χ1v) is 10.9. The van der Waals surface area contributed by atoms with E-state index in [2.05, 4.69) is 58.6 Å². The Kier molecular flexibility index (Phi) is 10.3. The summed E-state index contributed by atoms with van der Waals surface area (Å²) in [5.74, 6) is 0.815. The molecular formula is C24H41N3O. The van der Waals surface area contributed by atoms with Gasteiger partial charge in [0.25, 0.3) is 0 Å². The Morgan fingerprint density at radius 1 is 1.04 bits per heavy atom. The van der Waals surface area contributed by atoms with Crippen molar-refractivity contribution >= 4 is 11.6 Å². The SMILES string of the molecule is C\C=C(C(/C(C)=N/C=C/CC)=C(/C)N1CCN(C(=O)C(C)C)CC1)\C(C)CC. The van der Waals surface area contributed by atoms with Gasteiger partial charge in [-0.1, -0.05) is 46.8 Å². The van der Waals surface area contributed by atoms with Gasteiger partial charge in [-0.2, -0.15) is 0 Å². The number of hydrogen-bond acceptors (Lipinski definition) is 3. The van der Waals surface area contributed by atoms with Gasteiger partial charge in [0.2, 0.25) is 5.91 Å². The van der Waals surface area contributed by atoms with E-state index < -0.39 is 0 Å². The van der Waals surface area contributed by atoms with Gasteiger partial charge >= 0.3 is 0 Å². The standard InChI is InChI=1S/C24H41N3O/c1-9-12-13-25-20(7)23(22(11-3)19(6)10-2)21(8)26-14-16-27(17-15-26)24(28)18(4)5/h11-13,18-19H,9-10,14-17H2,1-8H3/b13-12+,22-11-,23-21-,25-20+. The van der Waals surface area contributed by atoms with Gasteiger partial charge in [0, 0.05) is 55.3 Å². The van der Waals surface area contributed by atoms with Crippen molar-refractivity contribution in [1.82, 2.24) is 9.80 Å². The number of rotatable bonds is 8. The van der Waals surface area contributed by atoms with E-state index in [1.807, 2.05) is 24.9 Å². The maximum Gasteiger partial charge on any atom is 0.225 e. The molecule has 0 radical (unpaired) electrons. The summed E-state index contributed by atoms with van der Waals surface area (Å²) in [6.07, 6.45) is 8.35. The highest BCUT2D eigenvalue weighted by molar-refractivity contribution is 6.03. The molecule has 1 rings (SSSR count). The van der Waals surface area contributed by atoms with Crippen molar-refractivity contribution in [2.45, 2.75) is 68.2 Å². The number of carbonyl (C=O) groups excluding carboxylic acids is 1. The molecule has 0 aliphatic carbocycles. The number of amides is 1. The largest absolute Gasteiger partial charge is 0.371 e. The molecule has 0 N–H and O–H groups in total. The van der Waals surface area contributed by atoms with E-state index in [1.165, 1.54) is 16.8 Å². The molecule has 158 valence electrons. The zero-order valence-corrected chi connectivity index (χ0v) is 19.4. The second-order valence-corrected chi connectivity index (χ2v) is 7.99. The number of carbonyl (C=O) groups is 1. The highest BCUT2D eigenvalue weighted by Gasteiger charge is 2.25. The molecule has 1 saturated heterocycles. The predicted octanol–water partition coefficient (Wildman–Crippen LogP) is 5.44. The van der Waals surface area contributed by atoms with Crippen LogP contribution in [0, 0.1) is 11.8 Å². The number of allylic oxidation sites excluding steroid dienone is 5. The molecule has 4 heteroatoms. The fourth-order valence-electron chi connectivity index (χ4n) is 3.69. The van der Waals surface area contributed by atoms with Gasteiger partial charge in [-0.05, 0) is 45.1 Å². The molecular weight excluding hydrogens is 346 g/mol. The Hall–Kier alpha value is -1.84. The van der Waals surface area contributed by atoms with Gasteiger partial charge in [-0.3, -0.25) is 9.79 Å². The maximum absolute atomic E-state index is 12.3. The summed E-state index contributed by atoms with van der Waals surface area (Å²) in [7, 11) is 0. The van der Waals surface area contributed by atoms with Crippen LogP contribution in [0.4, 0.5) is 0 Å². The van der Waals surface area contributed by atoms with Crippen LogP contribution in [-0.4, -0.2) is 47.6 Å². The summed E-state index contributed by atoms with van der Waals surface area (Å²) in [5, 5.41) is 0. The van der Waals surface area contributed by atoms with Crippen molar-refractivity contribution in [2.24, 2.45) is 16.8 Å². The minimum atomic E-state index is 0.0681. The van der Waals surface area contributed by atoms with Gasteiger partial charge in [-0.15, -0.1) is 0 Å². The summed E-state index contributed by atoms with van der Waals surface area (Å²) >= 11 is 0. The van der Waals surface area contributed by atoms with Crippen molar-refractivity contribution in [3.63, 3.8) is 0 Å². The summed E-state index contributed by atoms with van der Waals surface area (Å²) in [6.45, 7) is 20.4. The smallest absolute Gasteiger partial charge is 0.225 e. The van der Waals surface area contributed by atoms with Crippen molar-refractivity contribution in [3.8, 4) is 0 Å². The van der Waals surface area contributed by atoms with Crippen LogP contribution in [0.5, 0.6) is 0 Å². The third-order valence-electron chi connectivity index (χ3n) is 5.64. The number of piperazine rings is 1. The lowest BCUT2D eigenvalue weighted by molar-refractivity contribution is -0.135. The minimum Gasteiger partial charge on any atom is -0.371 e. The Morgan fingerprint density at radius 2 is 1.61 bits per heavy atom. The molecule has 0 bridgehead atoms. The van der Waals surface area contributed by atoms with Gasteiger partial charge in [-0.25, -0.2) is 0 Å². The molecule has 1 atom stereocenters. The average molecular weight is 388 g/mol. The van der Waals surface area contributed by atoms with Crippen LogP contribution in [0.3, 0.4) is 0 Å². The Bertz CT molecular complexity index is 632. The summed E-state index contributed by atoms with van der Waals surface area (Å²) in [5.41, 5.74) is 4.97. The third-order valence-corrected chi connectivity index (χ3v) is 5.64. The molecule has 28 heavy (non-hydrogen) atoms. The molecule has 0 saturated carbocycles. The van der Waals surface area contributed by atoms with Crippen molar-refractivity contribution in [2.75, 3.05) is 26.2 Å². The second kappa shape index (κ2) is 11.9. The summed E-state index contributed by atoms with van der Waals surface area (Å²) in [4.78, 5) is 21.5. The van der Waals surface area contributed by atoms with Gasteiger partial charge in [0.15, 0.2) is 0 Å². The van der Waals surface area contributed by atoms with Crippen LogP contribution in [0.1, 0.15) is 68.2 Å². The zero-order valence-electron chi connectivity index (χ0n) is 19.4. The molecule has 1 fully saturated rings. The first-order chi connectivity index (χ1) is 13.3. The lowest BCUT2D eigenvalue weighted by Crippen LogP contribution is -2.49. The van der Waals surface area contributed by atoms with Crippen LogP contribution < -0.4 is 0 Å². The van der Waals surface area contributed by atoms with E-state index in [0.29, 0.717) is 5.92 Å². The van der Waals surface area contributed by atoms with Crippen LogP contribution in [0.25, 0.3) is 0 Å². The van der Waals surface area contributed by atoms with Crippen molar-refractivity contribution in [1.29, 1.82) is 0 Å². The fourth-order valence-corrected chi connectivity index (χ4v) is 3.69. The van der Waals surface area contributed by atoms with Crippen LogP contribution in [0.2, 0.25) is 0 Å². The highest BCUT2D eigenvalue weighted by Crippen LogP contribution is 2.28. The van der Waals surface area contributed by atoms with E-state index in [9.17, 15) is 4.79 Å². The maximum atomic E-state index is 12.3. The van der Waals surface area contributed by atoms with Crippen LogP contribution in [-0.2, 0) is 4.79 Å². The predicted molar refractivity (Wildman–Crippen MR) is 121 cm³/mol. The van der Waals surface area contributed by atoms with Gasteiger partial charge in [0.1, 0.15) is 0 Å². The van der Waals surface area contributed by atoms with E-state index in [4.69, 9.17) is 4.99 Å². The van der Waals surface area contributed by atoms with E-state index >= 15 is 0 Å². The van der Waals surface area contributed by atoms with Crippen LogP contribution in [0.15, 0.2) is 40.2 Å². The number of hydrogen-bond donors (Lipinski definition) is 0. The lowest BCUT2D eigenvalue weighted by atomic mass is 9.87. The molecule has 1 unspecified atom stereocenters. The average Bonchev–Trinajstić information content (AvgIpc) is 2.70. The van der Waals surface area contributed by atoms with Gasteiger partial charge in [0.05, 0.1) is 0 Å². The fraction of sp³-hybridized carbons (Fsp3) is 0.667. The van der Waals surface area contributed by atoms with E-state index in [-0.39, 0.29) is 11.8 Å². The third kappa shape index (κ3) is 6.35. The molecule has 0 aromatic carbocycles. The summed E-state index contributed by atoms with van der Waals surface area (Å²) < 4.78 is 0. The molecule has 0 aromatic rings. The first kappa shape index (κ1) is 24.2. The monoisotopic (exact) mass is 387 g/mol. The molecule has 1 heterocycles. The highest BCUT2D eigenvalue weighted by atomic mass is 16.2. The quantitative estimate of drug-likeness (QED) is 0.411. The Morgan fingerprint density at radius 3 is 2.07 bits per heavy atom.